The minimum absolute atomic E-state index is 0.0830. The van der Waals surface area contributed by atoms with Gasteiger partial charge in [0, 0.05) is 19.3 Å². The van der Waals surface area contributed by atoms with Gasteiger partial charge in [-0.05, 0) is 64.2 Å². The number of unbranched alkanes of at least 4 members (excludes halogenated alkanes) is 35. The fraction of sp³-hybridized carbons (Fsp3) is 0.766. The summed E-state index contributed by atoms with van der Waals surface area (Å²) in [4.78, 5) is 38.2. The quantitative estimate of drug-likeness (QED) is 0.0199. The van der Waals surface area contributed by atoms with Gasteiger partial charge < -0.3 is 14.2 Å². The number of carbonyl (C=O) groups is 3. The van der Waals surface area contributed by atoms with Crippen molar-refractivity contribution in [3.63, 3.8) is 0 Å². The van der Waals surface area contributed by atoms with Gasteiger partial charge in [0.25, 0.3) is 0 Å². The minimum Gasteiger partial charge on any atom is -0.462 e. The molecule has 0 aromatic carbocycles. The highest BCUT2D eigenvalue weighted by atomic mass is 16.6. The third-order valence-corrected chi connectivity index (χ3v) is 13.0. The van der Waals surface area contributed by atoms with E-state index in [9.17, 15) is 14.4 Å². The molecule has 0 radical (unpaired) electrons. The van der Waals surface area contributed by atoms with Gasteiger partial charge in [0.1, 0.15) is 13.2 Å². The van der Waals surface area contributed by atoms with Crippen molar-refractivity contribution in [1.29, 1.82) is 0 Å². The highest BCUT2D eigenvalue weighted by molar-refractivity contribution is 5.71. The van der Waals surface area contributed by atoms with Gasteiger partial charge in [0.15, 0.2) is 6.10 Å². The van der Waals surface area contributed by atoms with Gasteiger partial charge in [-0.3, -0.25) is 14.4 Å². The number of carbonyl (C=O) groups excluding carboxylic acids is 3. The molecule has 0 saturated carbocycles. The first-order chi connectivity index (χ1) is 34.5. The van der Waals surface area contributed by atoms with Crippen molar-refractivity contribution in [2.24, 2.45) is 0 Å². The van der Waals surface area contributed by atoms with E-state index in [4.69, 9.17) is 14.2 Å². The Morgan fingerprint density at radius 2 is 0.557 bits per heavy atom. The van der Waals surface area contributed by atoms with Crippen molar-refractivity contribution in [1.82, 2.24) is 0 Å². The zero-order valence-electron chi connectivity index (χ0n) is 46.3. The lowest BCUT2D eigenvalue weighted by atomic mass is 10.0. The van der Waals surface area contributed by atoms with Gasteiger partial charge in [0.2, 0.25) is 0 Å². The fourth-order valence-corrected chi connectivity index (χ4v) is 8.53. The Morgan fingerprint density at radius 1 is 0.286 bits per heavy atom. The Morgan fingerprint density at radius 3 is 0.900 bits per heavy atom. The van der Waals surface area contributed by atoms with Crippen molar-refractivity contribution in [2.75, 3.05) is 13.2 Å². The first-order valence-corrected chi connectivity index (χ1v) is 30.0. The predicted molar refractivity (Wildman–Crippen MR) is 302 cm³/mol. The first kappa shape index (κ1) is 66.9. The molecule has 0 saturated heterocycles. The van der Waals surface area contributed by atoms with E-state index >= 15 is 0 Å². The second-order valence-corrected chi connectivity index (χ2v) is 20.0. The third kappa shape index (κ3) is 55.8. The SMILES string of the molecule is CCC\C=C/C=C\C=C/C=C\C=C/CCCCCCCC(=O)OCC(COC(=O)CCCCCCCCCCCCCCCCCCC)OC(=O)CCCCCCCCC/C=C\CCCCCCCC. The fourth-order valence-electron chi connectivity index (χ4n) is 8.53. The van der Waals surface area contributed by atoms with E-state index < -0.39 is 6.10 Å². The number of esters is 3. The zero-order valence-corrected chi connectivity index (χ0v) is 46.3. The summed E-state index contributed by atoms with van der Waals surface area (Å²) in [5.74, 6) is -0.900. The summed E-state index contributed by atoms with van der Waals surface area (Å²) in [5.41, 5.74) is 0. The zero-order chi connectivity index (χ0) is 50.7. The van der Waals surface area contributed by atoms with E-state index in [1.165, 1.54) is 173 Å². The van der Waals surface area contributed by atoms with Crippen LogP contribution >= 0.6 is 0 Å². The largest absolute Gasteiger partial charge is 0.462 e. The summed E-state index contributed by atoms with van der Waals surface area (Å²) < 4.78 is 16.9. The first-order valence-electron chi connectivity index (χ1n) is 30.0. The lowest BCUT2D eigenvalue weighted by molar-refractivity contribution is -0.167. The van der Waals surface area contributed by atoms with Gasteiger partial charge in [-0.25, -0.2) is 0 Å². The van der Waals surface area contributed by atoms with E-state index in [0.29, 0.717) is 19.3 Å². The molecule has 0 spiro atoms. The Hall–Kier alpha value is -3.15. The van der Waals surface area contributed by atoms with Crippen LogP contribution in [0, 0.1) is 0 Å². The highest BCUT2D eigenvalue weighted by Crippen LogP contribution is 2.16. The van der Waals surface area contributed by atoms with Crippen LogP contribution in [-0.4, -0.2) is 37.2 Å². The Balaban J connectivity index is 4.42. The number of ether oxygens (including phenoxy) is 3. The number of hydrogen-bond acceptors (Lipinski definition) is 6. The Kier molecular flexibility index (Phi) is 55.8. The summed E-state index contributed by atoms with van der Waals surface area (Å²) in [6.07, 6.45) is 74.6. The van der Waals surface area contributed by atoms with Crippen LogP contribution in [0.3, 0.4) is 0 Å². The van der Waals surface area contributed by atoms with Gasteiger partial charge >= 0.3 is 17.9 Å². The second-order valence-electron chi connectivity index (χ2n) is 20.0. The maximum absolute atomic E-state index is 12.9. The molecule has 0 amide bonds. The van der Waals surface area contributed by atoms with Crippen LogP contribution in [0.2, 0.25) is 0 Å². The molecular formula is C64H112O6. The van der Waals surface area contributed by atoms with Gasteiger partial charge in [-0.1, -0.05) is 286 Å². The van der Waals surface area contributed by atoms with Gasteiger partial charge in [0.05, 0.1) is 0 Å². The molecule has 0 aliphatic rings. The van der Waals surface area contributed by atoms with Crippen LogP contribution in [0.5, 0.6) is 0 Å². The summed E-state index contributed by atoms with van der Waals surface area (Å²) >= 11 is 0. The molecule has 0 N–H and O–H groups in total. The Bertz CT molecular complexity index is 1310. The highest BCUT2D eigenvalue weighted by Gasteiger charge is 2.19. The summed E-state index contributed by atoms with van der Waals surface area (Å²) in [5, 5.41) is 0. The van der Waals surface area contributed by atoms with Gasteiger partial charge in [-0.15, -0.1) is 0 Å². The van der Waals surface area contributed by atoms with Crippen LogP contribution < -0.4 is 0 Å². The van der Waals surface area contributed by atoms with E-state index in [-0.39, 0.29) is 31.1 Å². The summed E-state index contributed by atoms with van der Waals surface area (Å²) in [6.45, 7) is 6.56. The molecule has 6 heteroatoms. The average Bonchev–Trinajstić information content (AvgIpc) is 3.36. The molecule has 6 nitrogen and oxygen atoms in total. The maximum atomic E-state index is 12.9. The molecule has 0 aromatic heterocycles. The van der Waals surface area contributed by atoms with Crippen molar-refractivity contribution in [3.05, 3.63) is 72.9 Å². The smallest absolute Gasteiger partial charge is 0.306 e. The monoisotopic (exact) mass is 977 g/mol. The molecule has 0 heterocycles. The Labute approximate surface area is 433 Å². The van der Waals surface area contributed by atoms with Crippen molar-refractivity contribution < 1.29 is 28.6 Å². The molecule has 0 aliphatic heterocycles. The lowest BCUT2D eigenvalue weighted by Crippen LogP contribution is -2.30. The third-order valence-electron chi connectivity index (χ3n) is 13.0. The van der Waals surface area contributed by atoms with E-state index in [1.807, 2.05) is 24.3 Å². The molecular weight excluding hydrogens is 865 g/mol. The van der Waals surface area contributed by atoms with Crippen LogP contribution in [0.4, 0.5) is 0 Å². The maximum Gasteiger partial charge on any atom is 0.306 e. The van der Waals surface area contributed by atoms with Crippen molar-refractivity contribution >= 4 is 17.9 Å². The molecule has 0 aliphatic carbocycles. The summed E-state index contributed by atoms with van der Waals surface area (Å²) in [7, 11) is 0. The van der Waals surface area contributed by atoms with Crippen LogP contribution in [0.1, 0.15) is 297 Å². The molecule has 1 unspecified atom stereocenters. The lowest BCUT2D eigenvalue weighted by Gasteiger charge is -2.18. The van der Waals surface area contributed by atoms with Crippen LogP contribution in [0.15, 0.2) is 72.9 Å². The summed E-state index contributed by atoms with van der Waals surface area (Å²) in [6, 6.07) is 0. The molecule has 404 valence electrons. The number of hydrogen-bond donors (Lipinski definition) is 0. The second kappa shape index (κ2) is 58.4. The molecule has 0 fully saturated rings. The van der Waals surface area contributed by atoms with Crippen LogP contribution in [-0.2, 0) is 28.6 Å². The number of rotatable bonds is 54. The standard InChI is InChI=1S/C64H112O6/c1-4-7-10-13-16-19-22-25-28-31-34-36-39-42-45-48-51-54-57-63(66)69-60-61(70-64(67)58-55-52-49-46-43-40-37-33-30-27-24-21-18-15-12-9-6-3)59-68-62(65)56-53-50-47-44-41-38-35-32-29-26-23-20-17-14-11-8-5-2/h10,13,16,19,22,25,27-28,30-31,34,36,61H,4-9,11-12,14-15,17-18,20-21,23-24,26,29,32-33,35,37-60H2,1-3H3/b13-10-,19-16-,25-22-,30-27-,31-28-,36-34-. The molecule has 0 bridgehead atoms. The number of allylic oxidation sites excluding steroid dienone is 12. The van der Waals surface area contributed by atoms with Crippen molar-refractivity contribution in [2.45, 2.75) is 303 Å². The average molecular weight is 978 g/mol. The molecule has 1 atom stereocenters. The van der Waals surface area contributed by atoms with E-state index in [1.54, 1.807) is 0 Å². The minimum atomic E-state index is -0.788. The van der Waals surface area contributed by atoms with Crippen molar-refractivity contribution in [3.8, 4) is 0 Å². The predicted octanol–water partition coefficient (Wildman–Crippen LogP) is 20.2. The molecule has 70 heavy (non-hydrogen) atoms. The van der Waals surface area contributed by atoms with Gasteiger partial charge in [-0.2, -0.15) is 0 Å². The molecule has 0 aromatic rings. The normalized spacial score (nSPS) is 12.6. The van der Waals surface area contributed by atoms with E-state index in [2.05, 4.69) is 69.4 Å². The van der Waals surface area contributed by atoms with E-state index in [0.717, 1.165) is 83.5 Å². The molecule has 0 rings (SSSR count). The van der Waals surface area contributed by atoms with Crippen LogP contribution in [0.25, 0.3) is 0 Å². The topological polar surface area (TPSA) is 78.9 Å².